The Kier molecular flexibility index (Phi) is 3.13. The highest BCUT2D eigenvalue weighted by Crippen LogP contribution is 2.24. The van der Waals surface area contributed by atoms with Crippen molar-refractivity contribution in [3.05, 3.63) is 30.0 Å². The Morgan fingerprint density at radius 3 is 2.67 bits per heavy atom. The van der Waals surface area contributed by atoms with Gasteiger partial charge >= 0.3 is 5.97 Å². The van der Waals surface area contributed by atoms with Crippen LogP contribution in [0.4, 0.5) is 0 Å². The molecule has 18 heavy (non-hydrogen) atoms. The van der Waals surface area contributed by atoms with Crippen molar-refractivity contribution in [2.45, 2.75) is 27.3 Å². The smallest absolute Gasteiger partial charge is 0.316 e. The number of rotatable bonds is 2. The predicted octanol–water partition coefficient (Wildman–Crippen LogP) is 2.58. The van der Waals surface area contributed by atoms with Crippen LogP contribution in [0.3, 0.4) is 0 Å². The maximum atomic E-state index is 11.8. The molecule has 0 bridgehead atoms. The number of nitrogens with one attached hydrogen (secondary N) is 1. The van der Waals surface area contributed by atoms with Gasteiger partial charge in [0, 0.05) is 23.1 Å². The fourth-order valence-electron chi connectivity index (χ4n) is 1.60. The number of hydrogen-bond donors (Lipinski definition) is 2. The van der Waals surface area contributed by atoms with Crippen LogP contribution in [0.5, 0.6) is 5.75 Å². The van der Waals surface area contributed by atoms with Crippen LogP contribution in [-0.2, 0) is 11.3 Å². The lowest BCUT2D eigenvalue weighted by Crippen LogP contribution is -2.25. The number of benzene rings is 1. The first-order chi connectivity index (χ1) is 8.40. The molecule has 96 valence electrons. The molecule has 1 aromatic carbocycles. The third-order valence-corrected chi connectivity index (χ3v) is 2.69. The molecule has 0 saturated heterocycles. The normalized spacial score (nSPS) is 11.8. The highest BCUT2D eigenvalue weighted by atomic mass is 16.5. The van der Waals surface area contributed by atoms with Crippen LogP contribution in [0, 0.1) is 5.41 Å². The number of H-pyrrole nitrogens is 1. The van der Waals surface area contributed by atoms with E-state index in [1.807, 2.05) is 39.0 Å². The Hall–Kier alpha value is -1.81. The molecule has 3 N–H and O–H groups in total. The lowest BCUT2D eigenvalue weighted by atomic mass is 9.97. The van der Waals surface area contributed by atoms with Gasteiger partial charge in [0.05, 0.1) is 5.41 Å². The Morgan fingerprint density at radius 2 is 2.06 bits per heavy atom. The van der Waals surface area contributed by atoms with E-state index in [2.05, 4.69) is 4.98 Å². The van der Waals surface area contributed by atoms with Crippen molar-refractivity contribution in [2.75, 3.05) is 0 Å². The van der Waals surface area contributed by atoms with Crippen LogP contribution in [0.1, 0.15) is 26.5 Å². The molecule has 2 rings (SSSR count). The topological polar surface area (TPSA) is 68.1 Å². The van der Waals surface area contributed by atoms with Crippen molar-refractivity contribution < 1.29 is 9.53 Å². The van der Waals surface area contributed by atoms with Gasteiger partial charge < -0.3 is 15.5 Å². The molecule has 2 aromatic rings. The number of carbonyl (C=O) groups excluding carboxylic acids is 1. The van der Waals surface area contributed by atoms with E-state index in [1.54, 1.807) is 6.07 Å². The summed E-state index contributed by atoms with van der Waals surface area (Å²) in [6.45, 7) is 5.95. The minimum absolute atomic E-state index is 0.239. The number of nitrogens with two attached hydrogens (primary N) is 1. The third-order valence-electron chi connectivity index (χ3n) is 2.69. The zero-order chi connectivity index (χ0) is 13.3. The van der Waals surface area contributed by atoms with Crippen molar-refractivity contribution in [1.82, 2.24) is 4.98 Å². The molecule has 0 radical (unpaired) electrons. The standard InChI is InChI=1S/C14H18N2O2/c1-14(2,3)13(17)18-11-4-5-12-9(7-11)6-10(8-15)16-12/h4-7,16H,8,15H2,1-3H3. The van der Waals surface area contributed by atoms with Crippen LogP contribution in [0.25, 0.3) is 10.9 Å². The van der Waals surface area contributed by atoms with Crippen LogP contribution in [-0.4, -0.2) is 11.0 Å². The molecule has 0 aliphatic carbocycles. The van der Waals surface area contributed by atoms with Gasteiger partial charge in [0.25, 0.3) is 0 Å². The van der Waals surface area contributed by atoms with Crippen LogP contribution < -0.4 is 10.5 Å². The maximum absolute atomic E-state index is 11.8. The molecule has 0 aliphatic heterocycles. The first-order valence-corrected chi connectivity index (χ1v) is 5.94. The van der Waals surface area contributed by atoms with E-state index in [9.17, 15) is 4.79 Å². The van der Waals surface area contributed by atoms with E-state index < -0.39 is 5.41 Å². The Morgan fingerprint density at radius 1 is 1.33 bits per heavy atom. The average Bonchev–Trinajstić information content (AvgIpc) is 2.69. The van der Waals surface area contributed by atoms with E-state index in [1.165, 1.54) is 0 Å². The highest BCUT2D eigenvalue weighted by molar-refractivity contribution is 5.84. The molecule has 0 saturated carbocycles. The number of fused-ring (bicyclic) bond motifs is 1. The van der Waals surface area contributed by atoms with Gasteiger partial charge in [-0.2, -0.15) is 0 Å². The zero-order valence-electron chi connectivity index (χ0n) is 10.9. The van der Waals surface area contributed by atoms with E-state index in [0.717, 1.165) is 16.6 Å². The number of hydrogen-bond acceptors (Lipinski definition) is 3. The van der Waals surface area contributed by atoms with Crippen molar-refractivity contribution in [2.24, 2.45) is 11.1 Å². The van der Waals surface area contributed by atoms with Gasteiger partial charge in [0.15, 0.2) is 0 Å². The monoisotopic (exact) mass is 246 g/mol. The quantitative estimate of drug-likeness (QED) is 0.632. The van der Waals surface area contributed by atoms with E-state index in [-0.39, 0.29) is 5.97 Å². The number of esters is 1. The van der Waals surface area contributed by atoms with Gasteiger partial charge in [0.1, 0.15) is 5.75 Å². The molecule has 0 atom stereocenters. The molecule has 0 spiro atoms. The molecule has 4 nitrogen and oxygen atoms in total. The number of aromatic amines is 1. The Balaban J connectivity index is 2.27. The molecule has 0 amide bonds. The molecule has 0 unspecified atom stereocenters. The fourth-order valence-corrected chi connectivity index (χ4v) is 1.60. The first-order valence-electron chi connectivity index (χ1n) is 5.94. The Labute approximate surface area is 106 Å². The van der Waals surface area contributed by atoms with Crippen LogP contribution in [0.2, 0.25) is 0 Å². The SMILES string of the molecule is CC(C)(C)C(=O)Oc1ccc2[nH]c(CN)cc2c1. The molecule has 1 aromatic heterocycles. The number of ether oxygens (including phenoxy) is 1. The highest BCUT2D eigenvalue weighted by Gasteiger charge is 2.23. The summed E-state index contributed by atoms with van der Waals surface area (Å²) >= 11 is 0. The van der Waals surface area contributed by atoms with Gasteiger partial charge in [0.2, 0.25) is 0 Å². The van der Waals surface area contributed by atoms with Crippen LogP contribution >= 0.6 is 0 Å². The predicted molar refractivity (Wildman–Crippen MR) is 71.3 cm³/mol. The summed E-state index contributed by atoms with van der Waals surface area (Å²) in [5, 5.41) is 0.995. The second kappa shape index (κ2) is 4.46. The third kappa shape index (κ3) is 2.54. The molecular weight excluding hydrogens is 228 g/mol. The summed E-state index contributed by atoms with van der Waals surface area (Å²) in [6.07, 6.45) is 0. The molecule has 1 heterocycles. The first kappa shape index (κ1) is 12.6. The summed E-state index contributed by atoms with van der Waals surface area (Å²) in [6, 6.07) is 7.47. The van der Waals surface area contributed by atoms with Crippen molar-refractivity contribution >= 4 is 16.9 Å². The molecule has 4 heteroatoms. The molecule has 0 aliphatic rings. The van der Waals surface area contributed by atoms with Crippen molar-refractivity contribution in [3.63, 3.8) is 0 Å². The fraction of sp³-hybridized carbons (Fsp3) is 0.357. The largest absolute Gasteiger partial charge is 0.426 e. The van der Waals surface area contributed by atoms with E-state index in [0.29, 0.717) is 12.3 Å². The van der Waals surface area contributed by atoms with E-state index >= 15 is 0 Å². The Bertz CT molecular complexity index is 579. The molecule has 0 fully saturated rings. The minimum atomic E-state index is -0.504. The van der Waals surface area contributed by atoms with Gasteiger partial charge in [-0.15, -0.1) is 0 Å². The number of aromatic nitrogens is 1. The summed E-state index contributed by atoms with van der Waals surface area (Å²) in [5.74, 6) is 0.321. The lowest BCUT2D eigenvalue weighted by Gasteiger charge is -2.16. The summed E-state index contributed by atoms with van der Waals surface area (Å²) in [5.41, 5.74) is 7.02. The lowest BCUT2D eigenvalue weighted by molar-refractivity contribution is -0.142. The molecular formula is C14H18N2O2. The summed E-state index contributed by atoms with van der Waals surface area (Å²) in [7, 11) is 0. The minimum Gasteiger partial charge on any atom is -0.426 e. The van der Waals surface area contributed by atoms with Gasteiger partial charge in [-0.1, -0.05) is 0 Å². The number of carbonyl (C=O) groups is 1. The van der Waals surface area contributed by atoms with Gasteiger partial charge in [-0.05, 0) is 45.0 Å². The van der Waals surface area contributed by atoms with Crippen molar-refractivity contribution in [1.29, 1.82) is 0 Å². The summed E-state index contributed by atoms with van der Waals surface area (Å²) in [4.78, 5) is 15.0. The zero-order valence-corrected chi connectivity index (χ0v) is 10.9. The van der Waals surface area contributed by atoms with Crippen molar-refractivity contribution in [3.8, 4) is 5.75 Å². The van der Waals surface area contributed by atoms with Gasteiger partial charge in [-0.25, -0.2) is 0 Å². The van der Waals surface area contributed by atoms with E-state index in [4.69, 9.17) is 10.5 Å². The second-order valence-electron chi connectivity index (χ2n) is 5.39. The second-order valence-corrected chi connectivity index (χ2v) is 5.39. The van der Waals surface area contributed by atoms with Crippen LogP contribution in [0.15, 0.2) is 24.3 Å². The average molecular weight is 246 g/mol. The van der Waals surface area contributed by atoms with Gasteiger partial charge in [-0.3, -0.25) is 4.79 Å². The maximum Gasteiger partial charge on any atom is 0.316 e. The summed E-state index contributed by atoms with van der Waals surface area (Å²) < 4.78 is 5.35.